The Morgan fingerprint density at radius 3 is 2.65 bits per heavy atom. The minimum absolute atomic E-state index is 0.0503. The van der Waals surface area contributed by atoms with E-state index < -0.39 is 0 Å². The highest BCUT2D eigenvalue weighted by atomic mass is 16.1. The topological polar surface area (TPSA) is 72.9 Å². The summed E-state index contributed by atoms with van der Waals surface area (Å²) in [4.78, 5) is 11.3. The van der Waals surface area contributed by atoms with Crippen molar-refractivity contribution in [2.24, 2.45) is 5.73 Å². The minimum Gasteiger partial charge on any atom is -0.359 e. The van der Waals surface area contributed by atoms with E-state index in [0.717, 1.165) is 23.4 Å². The first-order valence-electron chi connectivity index (χ1n) is 6.74. The standard InChI is InChI=1S/C15H20N4O/c1-3-19-14(8-9-18-19)12-6-4-11(5-7-12)13(16)10-15(20)17-2/h4-9,13H,3,10,16H2,1-2H3,(H,17,20)/t13-/m0/s1. The van der Waals surface area contributed by atoms with E-state index in [1.165, 1.54) is 0 Å². The number of nitrogens with two attached hydrogens (primary N) is 1. The van der Waals surface area contributed by atoms with Crippen LogP contribution in [0.3, 0.4) is 0 Å². The van der Waals surface area contributed by atoms with Gasteiger partial charge in [-0.15, -0.1) is 0 Å². The molecule has 0 aliphatic carbocycles. The number of benzene rings is 1. The molecule has 0 aliphatic rings. The number of aromatic nitrogens is 2. The number of carbonyl (C=O) groups is 1. The molecule has 0 saturated carbocycles. The average molecular weight is 272 g/mol. The largest absolute Gasteiger partial charge is 0.359 e. The van der Waals surface area contributed by atoms with Gasteiger partial charge in [0.05, 0.1) is 5.69 Å². The van der Waals surface area contributed by atoms with Crippen molar-refractivity contribution in [1.29, 1.82) is 0 Å². The third-order valence-corrected chi connectivity index (χ3v) is 3.33. The van der Waals surface area contributed by atoms with E-state index in [2.05, 4.69) is 17.3 Å². The Morgan fingerprint density at radius 1 is 1.35 bits per heavy atom. The molecule has 2 aromatic rings. The van der Waals surface area contributed by atoms with Gasteiger partial charge in [0, 0.05) is 32.3 Å². The maximum Gasteiger partial charge on any atom is 0.221 e. The molecule has 1 atom stereocenters. The SMILES string of the molecule is CCn1nccc1-c1ccc([C@@H](N)CC(=O)NC)cc1. The van der Waals surface area contributed by atoms with E-state index in [1.54, 1.807) is 13.2 Å². The van der Waals surface area contributed by atoms with E-state index in [0.29, 0.717) is 6.42 Å². The molecule has 0 spiro atoms. The lowest BCUT2D eigenvalue weighted by atomic mass is 10.0. The van der Waals surface area contributed by atoms with Gasteiger partial charge in [-0.3, -0.25) is 9.48 Å². The Labute approximate surface area is 118 Å². The van der Waals surface area contributed by atoms with Gasteiger partial charge >= 0.3 is 0 Å². The van der Waals surface area contributed by atoms with Crippen LogP contribution in [0, 0.1) is 0 Å². The normalized spacial score (nSPS) is 12.2. The van der Waals surface area contributed by atoms with Crippen molar-refractivity contribution >= 4 is 5.91 Å². The van der Waals surface area contributed by atoms with Gasteiger partial charge < -0.3 is 11.1 Å². The fourth-order valence-electron chi connectivity index (χ4n) is 2.15. The van der Waals surface area contributed by atoms with E-state index in [4.69, 9.17) is 5.73 Å². The summed E-state index contributed by atoms with van der Waals surface area (Å²) >= 11 is 0. The molecule has 106 valence electrons. The Balaban J connectivity index is 2.16. The number of carbonyl (C=O) groups excluding carboxylic acids is 1. The van der Waals surface area contributed by atoms with Crippen LogP contribution in [-0.4, -0.2) is 22.7 Å². The molecule has 1 heterocycles. The molecule has 0 unspecified atom stereocenters. The van der Waals surface area contributed by atoms with E-state index in [1.807, 2.05) is 35.0 Å². The molecule has 0 aliphatic heterocycles. The molecule has 20 heavy (non-hydrogen) atoms. The van der Waals surface area contributed by atoms with Gasteiger partial charge in [-0.2, -0.15) is 5.10 Å². The van der Waals surface area contributed by atoms with Crippen molar-refractivity contribution in [2.75, 3.05) is 7.05 Å². The van der Waals surface area contributed by atoms with Crippen LogP contribution in [0.2, 0.25) is 0 Å². The quantitative estimate of drug-likeness (QED) is 0.870. The Hall–Kier alpha value is -2.14. The fourth-order valence-corrected chi connectivity index (χ4v) is 2.15. The van der Waals surface area contributed by atoms with Crippen LogP contribution in [0.1, 0.15) is 24.9 Å². The molecular formula is C15H20N4O. The lowest BCUT2D eigenvalue weighted by molar-refractivity contribution is -0.120. The predicted molar refractivity (Wildman–Crippen MR) is 78.9 cm³/mol. The maximum atomic E-state index is 11.3. The highest BCUT2D eigenvalue weighted by Gasteiger charge is 2.11. The number of nitrogens with one attached hydrogen (secondary N) is 1. The van der Waals surface area contributed by atoms with Gasteiger partial charge in [0.1, 0.15) is 0 Å². The molecule has 5 heteroatoms. The van der Waals surface area contributed by atoms with Crippen molar-refractivity contribution in [3.8, 4) is 11.3 Å². The van der Waals surface area contributed by atoms with Crippen molar-refractivity contribution < 1.29 is 4.79 Å². The summed E-state index contributed by atoms with van der Waals surface area (Å²) in [6.07, 6.45) is 2.09. The minimum atomic E-state index is -0.278. The van der Waals surface area contributed by atoms with Gasteiger partial charge in [-0.25, -0.2) is 0 Å². The van der Waals surface area contributed by atoms with Crippen molar-refractivity contribution in [2.45, 2.75) is 25.9 Å². The first-order chi connectivity index (χ1) is 9.65. The molecule has 3 N–H and O–H groups in total. The van der Waals surface area contributed by atoms with E-state index in [-0.39, 0.29) is 11.9 Å². The first kappa shape index (κ1) is 14.3. The van der Waals surface area contributed by atoms with Crippen LogP contribution < -0.4 is 11.1 Å². The van der Waals surface area contributed by atoms with Crippen LogP contribution in [-0.2, 0) is 11.3 Å². The summed E-state index contributed by atoms with van der Waals surface area (Å²) in [5.74, 6) is -0.0503. The number of nitrogens with zero attached hydrogens (tertiary/aromatic N) is 2. The van der Waals surface area contributed by atoms with Gasteiger partial charge in [0.2, 0.25) is 5.91 Å². The van der Waals surface area contributed by atoms with Gasteiger partial charge in [-0.05, 0) is 24.1 Å². The van der Waals surface area contributed by atoms with Crippen molar-refractivity contribution in [3.63, 3.8) is 0 Å². The smallest absolute Gasteiger partial charge is 0.221 e. The summed E-state index contributed by atoms with van der Waals surface area (Å²) in [7, 11) is 1.62. The highest BCUT2D eigenvalue weighted by molar-refractivity contribution is 5.76. The second kappa shape index (κ2) is 6.34. The Bertz CT molecular complexity index is 574. The van der Waals surface area contributed by atoms with Gasteiger partial charge in [-0.1, -0.05) is 24.3 Å². The summed E-state index contributed by atoms with van der Waals surface area (Å²) in [5.41, 5.74) is 9.16. The second-order valence-corrected chi connectivity index (χ2v) is 4.64. The number of aryl methyl sites for hydroxylation is 1. The fraction of sp³-hybridized carbons (Fsp3) is 0.333. The van der Waals surface area contributed by atoms with E-state index >= 15 is 0 Å². The zero-order valence-electron chi connectivity index (χ0n) is 11.8. The Kier molecular flexibility index (Phi) is 4.53. The average Bonchev–Trinajstić information content (AvgIpc) is 2.95. The molecule has 2 rings (SSSR count). The first-order valence-corrected chi connectivity index (χ1v) is 6.74. The van der Waals surface area contributed by atoms with Crippen LogP contribution in [0.4, 0.5) is 0 Å². The summed E-state index contributed by atoms with van der Waals surface area (Å²) in [6, 6.07) is 9.68. The summed E-state index contributed by atoms with van der Waals surface area (Å²) < 4.78 is 1.94. The molecule has 1 aromatic carbocycles. The molecule has 0 fully saturated rings. The third-order valence-electron chi connectivity index (χ3n) is 3.33. The second-order valence-electron chi connectivity index (χ2n) is 4.64. The molecular weight excluding hydrogens is 252 g/mol. The molecule has 0 bridgehead atoms. The zero-order valence-corrected chi connectivity index (χ0v) is 11.8. The molecule has 1 amide bonds. The number of amides is 1. The number of hydrogen-bond acceptors (Lipinski definition) is 3. The third kappa shape index (κ3) is 3.05. The van der Waals surface area contributed by atoms with Gasteiger partial charge in [0.25, 0.3) is 0 Å². The highest BCUT2D eigenvalue weighted by Crippen LogP contribution is 2.22. The zero-order chi connectivity index (χ0) is 14.5. The maximum absolute atomic E-state index is 11.3. The van der Waals surface area contributed by atoms with Crippen molar-refractivity contribution in [1.82, 2.24) is 15.1 Å². The monoisotopic (exact) mass is 272 g/mol. The van der Waals surface area contributed by atoms with Crippen LogP contribution in [0.15, 0.2) is 36.5 Å². The van der Waals surface area contributed by atoms with Crippen molar-refractivity contribution in [3.05, 3.63) is 42.1 Å². The number of hydrogen-bond donors (Lipinski definition) is 2. The lowest BCUT2D eigenvalue weighted by Crippen LogP contribution is -2.24. The Morgan fingerprint density at radius 2 is 2.05 bits per heavy atom. The number of rotatable bonds is 5. The van der Waals surface area contributed by atoms with Crippen LogP contribution in [0.25, 0.3) is 11.3 Å². The summed E-state index contributed by atoms with van der Waals surface area (Å²) in [5, 5.41) is 6.84. The molecule has 1 aromatic heterocycles. The summed E-state index contributed by atoms with van der Waals surface area (Å²) in [6.45, 7) is 2.89. The van der Waals surface area contributed by atoms with Crippen LogP contribution in [0.5, 0.6) is 0 Å². The molecule has 5 nitrogen and oxygen atoms in total. The molecule has 0 radical (unpaired) electrons. The predicted octanol–water partition coefficient (Wildman–Crippen LogP) is 1.71. The van der Waals surface area contributed by atoms with Crippen LogP contribution >= 0.6 is 0 Å². The van der Waals surface area contributed by atoms with Gasteiger partial charge in [0.15, 0.2) is 0 Å². The molecule has 0 saturated heterocycles. The van der Waals surface area contributed by atoms with E-state index in [9.17, 15) is 4.79 Å². The lowest BCUT2D eigenvalue weighted by Gasteiger charge is -2.12.